The van der Waals surface area contributed by atoms with Gasteiger partial charge in [0.25, 0.3) is 11.5 Å². The van der Waals surface area contributed by atoms with E-state index in [1.807, 2.05) is 31.2 Å². The van der Waals surface area contributed by atoms with Crippen molar-refractivity contribution in [1.82, 2.24) is 14.7 Å². The lowest BCUT2D eigenvalue weighted by molar-refractivity contribution is -0.141. The molecule has 1 N–H and O–H groups in total. The summed E-state index contributed by atoms with van der Waals surface area (Å²) in [5.74, 6) is -1.06. The maximum atomic E-state index is 12.7. The second-order valence-electron chi connectivity index (χ2n) is 6.12. The fourth-order valence-electron chi connectivity index (χ4n) is 2.72. The van der Waals surface area contributed by atoms with Crippen molar-refractivity contribution in [3.63, 3.8) is 0 Å². The van der Waals surface area contributed by atoms with E-state index >= 15 is 0 Å². The molecule has 0 saturated heterocycles. The Morgan fingerprint density at radius 2 is 1.93 bits per heavy atom. The largest absolute Gasteiger partial charge is 0.469 e. The molecular weight excluding hydrogens is 346 g/mol. The Labute approximate surface area is 155 Å². The number of pyridine rings is 1. The minimum Gasteiger partial charge on any atom is -0.469 e. The van der Waals surface area contributed by atoms with Crippen LogP contribution in [-0.2, 0) is 9.53 Å². The molecule has 138 valence electrons. The minimum atomic E-state index is -0.624. The van der Waals surface area contributed by atoms with E-state index in [1.54, 1.807) is 24.4 Å². The highest BCUT2D eigenvalue weighted by atomic mass is 16.5. The number of fused-ring (bicyclic) bond motifs is 1. The van der Waals surface area contributed by atoms with E-state index in [0.29, 0.717) is 5.65 Å². The zero-order valence-corrected chi connectivity index (χ0v) is 15.0. The van der Waals surface area contributed by atoms with Gasteiger partial charge in [-0.05, 0) is 24.6 Å². The highest BCUT2D eigenvalue weighted by molar-refractivity contribution is 5.94. The van der Waals surface area contributed by atoms with E-state index in [-0.39, 0.29) is 12.0 Å². The quantitative estimate of drug-likeness (QED) is 0.699. The van der Waals surface area contributed by atoms with Crippen LogP contribution in [0.2, 0.25) is 0 Å². The van der Waals surface area contributed by atoms with Crippen LogP contribution in [0, 0.1) is 6.92 Å². The van der Waals surface area contributed by atoms with Gasteiger partial charge in [0.2, 0.25) is 0 Å². The first-order valence-corrected chi connectivity index (χ1v) is 8.40. The number of ether oxygens (including phenoxy) is 1. The highest BCUT2D eigenvalue weighted by Gasteiger charge is 2.22. The zero-order valence-electron chi connectivity index (χ0n) is 15.0. The maximum absolute atomic E-state index is 12.7. The Morgan fingerprint density at radius 1 is 1.19 bits per heavy atom. The smallest absolute Gasteiger partial charge is 0.307 e. The lowest BCUT2D eigenvalue weighted by atomic mass is 10.0. The van der Waals surface area contributed by atoms with Crippen LogP contribution in [0.15, 0.2) is 59.7 Å². The number of aryl methyl sites for hydroxylation is 1. The average Bonchev–Trinajstić information content (AvgIpc) is 2.68. The number of esters is 1. The van der Waals surface area contributed by atoms with Crippen molar-refractivity contribution < 1.29 is 14.3 Å². The van der Waals surface area contributed by atoms with Gasteiger partial charge in [-0.2, -0.15) is 0 Å². The van der Waals surface area contributed by atoms with Gasteiger partial charge in [0.05, 0.1) is 19.6 Å². The number of carbonyl (C=O) groups is 2. The molecule has 0 aliphatic rings. The summed E-state index contributed by atoms with van der Waals surface area (Å²) in [4.78, 5) is 41.2. The Hall–Kier alpha value is -3.48. The molecule has 0 bridgehead atoms. The summed E-state index contributed by atoms with van der Waals surface area (Å²) in [6.07, 6.45) is 2.75. The van der Waals surface area contributed by atoms with Crippen LogP contribution in [0.5, 0.6) is 0 Å². The van der Waals surface area contributed by atoms with E-state index in [2.05, 4.69) is 10.3 Å². The number of nitrogens with one attached hydrogen (secondary N) is 1. The van der Waals surface area contributed by atoms with Crippen molar-refractivity contribution in [3.05, 3.63) is 81.9 Å². The fraction of sp³-hybridized carbons (Fsp3) is 0.200. The molecule has 1 atom stereocenters. The second-order valence-corrected chi connectivity index (χ2v) is 6.12. The molecule has 0 aliphatic heterocycles. The van der Waals surface area contributed by atoms with Gasteiger partial charge in [0.15, 0.2) is 0 Å². The molecule has 2 heterocycles. The van der Waals surface area contributed by atoms with E-state index in [0.717, 1.165) is 11.1 Å². The van der Waals surface area contributed by atoms with Crippen LogP contribution in [0.3, 0.4) is 0 Å². The fourth-order valence-corrected chi connectivity index (χ4v) is 2.72. The third kappa shape index (κ3) is 4.03. The molecule has 27 heavy (non-hydrogen) atoms. The zero-order chi connectivity index (χ0) is 19.4. The molecule has 7 heteroatoms. The molecule has 0 fully saturated rings. The number of nitrogens with zero attached hydrogens (tertiary/aromatic N) is 2. The molecule has 0 spiro atoms. The molecule has 0 radical (unpaired) electrons. The molecule has 1 amide bonds. The monoisotopic (exact) mass is 365 g/mol. The topological polar surface area (TPSA) is 89.8 Å². The predicted octanol–water partition coefficient (Wildman–Crippen LogP) is 2.04. The normalized spacial score (nSPS) is 11.8. The summed E-state index contributed by atoms with van der Waals surface area (Å²) in [6, 6.07) is 11.9. The summed E-state index contributed by atoms with van der Waals surface area (Å²) >= 11 is 0. The molecule has 3 aromatic rings. The van der Waals surface area contributed by atoms with Crippen molar-refractivity contribution >= 4 is 17.5 Å². The first-order valence-electron chi connectivity index (χ1n) is 8.40. The van der Waals surface area contributed by atoms with Crippen LogP contribution < -0.4 is 10.9 Å². The van der Waals surface area contributed by atoms with E-state index < -0.39 is 23.5 Å². The molecule has 3 rings (SSSR count). The van der Waals surface area contributed by atoms with Gasteiger partial charge in [0, 0.05) is 12.4 Å². The van der Waals surface area contributed by atoms with Gasteiger partial charge in [-0.1, -0.05) is 35.9 Å². The molecule has 0 aliphatic carbocycles. The van der Waals surface area contributed by atoms with Gasteiger partial charge in [-0.3, -0.25) is 18.8 Å². The summed E-state index contributed by atoms with van der Waals surface area (Å²) in [5, 5.41) is 2.75. The SMILES string of the molecule is COC(=O)C[C@H](NC(=O)c1cnc2ccccn2c1=O)c1ccc(C)cc1. The first-order chi connectivity index (χ1) is 13.0. The first kappa shape index (κ1) is 18.3. The van der Waals surface area contributed by atoms with Crippen molar-refractivity contribution in [3.8, 4) is 0 Å². The maximum Gasteiger partial charge on any atom is 0.307 e. The molecule has 0 unspecified atom stereocenters. The van der Waals surface area contributed by atoms with E-state index in [1.165, 1.54) is 17.7 Å². The number of hydrogen-bond acceptors (Lipinski definition) is 5. The number of methoxy groups -OCH3 is 1. The Morgan fingerprint density at radius 3 is 2.63 bits per heavy atom. The van der Waals surface area contributed by atoms with Gasteiger partial charge in [-0.25, -0.2) is 4.98 Å². The predicted molar refractivity (Wildman–Crippen MR) is 99.5 cm³/mol. The Kier molecular flexibility index (Phi) is 5.30. The second kappa shape index (κ2) is 7.82. The number of rotatable bonds is 5. The number of amides is 1. The van der Waals surface area contributed by atoms with Crippen LogP contribution in [0.25, 0.3) is 5.65 Å². The molecule has 2 aromatic heterocycles. The number of hydrogen-bond donors (Lipinski definition) is 1. The van der Waals surface area contributed by atoms with Crippen molar-refractivity contribution in [1.29, 1.82) is 0 Å². The summed E-state index contributed by atoms with van der Waals surface area (Å²) < 4.78 is 6.03. The van der Waals surface area contributed by atoms with Crippen LogP contribution in [0.1, 0.15) is 33.9 Å². The van der Waals surface area contributed by atoms with Crippen molar-refractivity contribution in [2.24, 2.45) is 0 Å². The average molecular weight is 365 g/mol. The lowest BCUT2D eigenvalue weighted by Crippen LogP contribution is -2.35. The van der Waals surface area contributed by atoms with E-state index in [4.69, 9.17) is 4.74 Å². The van der Waals surface area contributed by atoms with Crippen molar-refractivity contribution in [2.45, 2.75) is 19.4 Å². The molecule has 1 aromatic carbocycles. The summed E-state index contributed by atoms with van der Waals surface area (Å²) in [7, 11) is 1.29. The lowest BCUT2D eigenvalue weighted by Gasteiger charge is -2.18. The highest BCUT2D eigenvalue weighted by Crippen LogP contribution is 2.18. The number of carbonyl (C=O) groups excluding carboxylic acids is 2. The Balaban J connectivity index is 1.92. The van der Waals surface area contributed by atoms with Crippen LogP contribution in [-0.4, -0.2) is 28.4 Å². The van der Waals surface area contributed by atoms with Crippen LogP contribution in [0.4, 0.5) is 0 Å². The molecule has 0 saturated carbocycles. The standard InChI is InChI=1S/C20H19N3O4/c1-13-6-8-14(9-7-13)16(11-18(24)27-2)22-19(25)15-12-21-17-5-3-4-10-23(17)20(15)26/h3-10,12,16H,11H2,1-2H3,(H,22,25)/t16-/m0/s1. The summed E-state index contributed by atoms with van der Waals surface area (Å²) in [6.45, 7) is 1.94. The van der Waals surface area contributed by atoms with Crippen LogP contribution >= 0.6 is 0 Å². The minimum absolute atomic E-state index is 0.0480. The number of benzene rings is 1. The van der Waals surface area contributed by atoms with Gasteiger partial charge in [-0.15, -0.1) is 0 Å². The third-order valence-corrected chi connectivity index (χ3v) is 4.24. The Bertz CT molecular complexity index is 1040. The van der Waals surface area contributed by atoms with E-state index in [9.17, 15) is 14.4 Å². The van der Waals surface area contributed by atoms with Crippen molar-refractivity contribution in [2.75, 3.05) is 7.11 Å². The van der Waals surface area contributed by atoms with Gasteiger partial charge >= 0.3 is 5.97 Å². The molecular formula is C20H19N3O4. The molecule has 7 nitrogen and oxygen atoms in total. The van der Waals surface area contributed by atoms with Gasteiger partial charge < -0.3 is 10.1 Å². The van der Waals surface area contributed by atoms with Gasteiger partial charge in [0.1, 0.15) is 11.2 Å². The third-order valence-electron chi connectivity index (χ3n) is 4.24. The number of aromatic nitrogens is 2. The summed E-state index contributed by atoms with van der Waals surface area (Å²) in [5.41, 5.74) is 1.68.